The van der Waals surface area contributed by atoms with Gasteiger partial charge in [-0.15, -0.1) is 0 Å². The van der Waals surface area contributed by atoms with Crippen molar-refractivity contribution in [2.45, 2.75) is 9.79 Å². The van der Waals surface area contributed by atoms with E-state index in [1.165, 1.54) is 37.4 Å². The number of anilines is 3. The van der Waals surface area contributed by atoms with E-state index in [1.807, 2.05) is 23.9 Å². The summed E-state index contributed by atoms with van der Waals surface area (Å²) in [4.78, 5) is 4.87. The Kier molecular flexibility index (Phi) is 6.14. The lowest BCUT2D eigenvalue weighted by Crippen LogP contribution is -2.73. The number of rotatable bonds is 3. The minimum atomic E-state index is -0.190. The van der Waals surface area contributed by atoms with Crippen LogP contribution in [-0.2, 0) is 0 Å². The van der Waals surface area contributed by atoms with Crippen molar-refractivity contribution in [3.63, 3.8) is 0 Å². The maximum Gasteiger partial charge on any atom is 0.290 e. The molecular weight excluding hydrogens is 668 g/mol. The molecule has 0 fully saturated rings. The third-order valence-electron chi connectivity index (χ3n) is 11.1. The van der Waals surface area contributed by atoms with Gasteiger partial charge in [-0.2, -0.15) is 0 Å². The van der Waals surface area contributed by atoms with E-state index in [0.29, 0.717) is 0 Å². The monoisotopic (exact) mass is 695 g/mol. The number of benzene rings is 7. The van der Waals surface area contributed by atoms with Crippen molar-refractivity contribution in [2.24, 2.45) is 0 Å². The van der Waals surface area contributed by atoms with Gasteiger partial charge in [0, 0.05) is 37.7 Å². The Bertz CT molecular complexity index is 3040. The summed E-state index contributed by atoms with van der Waals surface area (Å²) in [6.45, 7) is -0.360. The molecule has 0 bridgehead atoms. The summed E-state index contributed by atoms with van der Waals surface area (Å²) in [7, 11) is 0. The highest BCUT2D eigenvalue weighted by Crippen LogP contribution is 2.51. The highest BCUT2D eigenvalue weighted by Gasteiger charge is 2.47. The Labute approximate surface area is 309 Å². The molecule has 4 nitrogen and oxygen atoms in total. The van der Waals surface area contributed by atoms with Crippen molar-refractivity contribution in [1.82, 2.24) is 0 Å². The van der Waals surface area contributed by atoms with Crippen molar-refractivity contribution in [3.8, 4) is 0 Å². The van der Waals surface area contributed by atoms with E-state index in [0.717, 1.165) is 66.3 Å². The van der Waals surface area contributed by atoms with Crippen molar-refractivity contribution in [1.29, 1.82) is 0 Å². The number of hydrogen-bond acceptors (Lipinski definition) is 5. The molecule has 2 aliphatic heterocycles. The molecule has 10 aromatic rings. The van der Waals surface area contributed by atoms with Crippen LogP contribution in [0.5, 0.6) is 0 Å². The Balaban J connectivity index is 1.10. The maximum absolute atomic E-state index is 7.07. The third-order valence-corrected chi connectivity index (χ3v) is 12.2. The van der Waals surface area contributed by atoms with Gasteiger partial charge in [-0.1, -0.05) is 120 Å². The molecule has 0 radical (unpaired) electrons. The van der Waals surface area contributed by atoms with Gasteiger partial charge in [-0.25, -0.2) is 0 Å². The van der Waals surface area contributed by atoms with Crippen LogP contribution in [0.25, 0.3) is 43.7 Å². The van der Waals surface area contributed by atoms with Crippen LogP contribution in [-0.4, -0.2) is 13.4 Å². The van der Waals surface area contributed by atoms with Gasteiger partial charge in [0.25, 0.3) is 13.4 Å². The zero-order valence-corrected chi connectivity index (χ0v) is 29.1. The van der Waals surface area contributed by atoms with Gasteiger partial charge in [-0.3, -0.25) is 0 Å². The predicted octanol–water partition coefficient (Wildman–Crippen LogP) is 8.36. The zero-order chi connectivity index (χ0) is 34.6. The van der Waals surface area contributed by atoms with E-state index in [4.69, 9.17) is 13.3 Å². The first-order valence-corrected chi connectivity index (χ1v) is 18.8. The van der Waals surface area contributed by atoms with E-state index in [9.17, 15) is 0 Å². The van der Waals surface area contributed by atoms with E-state index >= 15 is 0 Å². The first-order chi connectivity index (χ1) is 26.3. The molecule has 246 valence electrons. The average Bonchev–Trinajstić information content (AvgIpc) is 3.93. The molecule has 0 saturated carbocycles. The minimum absolute atomic E-state index is 0.169. The van der Waals surface area contributed by atoms with Crippen LogP contribution in [0.2, 0.25) is 0 Å². The molecule has 0 N–H and O–H groups in total. The molecule has 3 aromatic heterocycles. The number of furan rings is 3. The number of para-hydroxylation sites is 3. The molecule has 53 heavy (non-hydrogen) atoms. The summed E-state index contributed by atoms with van der Waals surface area (Å²) in [6, 6.07) is 56.4. The van der Waals surface area contributed by atoms with Crippen molar-refractivity contribution in [3.05, 3.63) is 164 Å². The third kappa shape index (κ3) is 4.29. The summed E-state index contributed by atoms with van der Waals surface area (Å²) in [6.07, 6.45) is 1.75. The quantitative estimate of drug-likeness (QED) is 0.174. The summed E-state index contributed by atoms with van der Waals surface area (Å²) >= 11 is 1.82. The fraction of sp³-hybridized carbons (Fsp3) is 0. The largest absolute Gasteiger partial charge is 0.471 e. The Morgan fingerprint density at radius 2 is 1.09 bits per heavy atom. The van der Waals surface area contributed by atoms with Crippen molar-refractivity contribution >= 4 is 119 Å². The zero-order valence-electron chi connectivity index (χ0n) is 28.3. The number of fused-ring (bicyclic) bond motifs is 10. The Hall–Kier alpha value is -6.30. The summed E-state index contributed by atoms with van der Waals surface area (Å²) in [5.74, 6) is 0. The molecule has 7 heteroatoms. The smallest absolute Gasteiger partial charge is 0.290 e. The molecule has 0 atom stereocenters. The molecule has 5 heterocycles. The Morgan fingerprint density at radius 1 is 0.453 bits per heavy atom. The van der Waals surface area contributed by atoms with E-state index < -0.39 is 0 Å². The number of hydrogen-bond donors (Lipinski definition) is 0. The maximum atomic E-state index is 7.07. The van der Waals surface area contributed by atoms with E-state index in [2.05, 4.69) is 150 Å². The standard InChI is InChI=1S/C46H27B2NO3S/c1-2-10-29-25-32(18-17-28(29)9-1)48-44-35-26-30-23-24-50-39(30)27-40(35)52-46(44)47(43-34-11-3-6-14-38(34)51-45(43)48)31-19-21-33(22-20-31)49-36-12-4-7-15-41(36)53-42-16-8-5-13-37(42)49/h1-27H. The molecular formula is C46H27B2NO3S. The van der Waals surface area contributed by atoms with Gasteiger partial charge in [0.1, 0.15) is 16.7 Å². The van der Waals surface area contributed by atoms with Crippen LogP contribution < -0.4 is 38.1 Å². The van der Waals surface area contributed by atoms with Crippen LogP contribution in [0, 0.1) is 0 Å². The topological polar surface area (TPSA) is 42.7 Å². The van der Waals surface area contributed by atoms with Gasteiger partial charge >= 0.3 is 0 Å². The summed E-state index contributed by atoms with van der Waals surface area (Å²) < 4.78 is 19.9. The van der Waals surface area contributed by atoms with Crippen LogP contribution in [0.4, 0.5) is 17.1 Å². The molecule has 0 amide bonds. The molecule has 0 aliphatic carbocycles. The number of nitrogens with zero attached hydrogens (tertiary/aromatic N) is 1. The second-order valence-corrected chi connectivity index (χ2v) is 15.1. The van der Waals surface area contributed by atoms with Gasteiger partial charge in [0.05, 0.1) is 29.0 Å². The van der Waals surface area contributed by atoms with Gasteiger partial charge in [0.15, 0.2) is 0 Å². The van der Waals surface area contributed by atoms with E-state index in [1.54, 1.807) is 6.26 Å². The molecule has 12 rings (SSSR count). The first-order valence-electron chi connectivity index (χ1n) is 18.0. The molecule has 0 unspecified atom stereocenters. The minimum Gasteiger partial charge on any atom is -0.471 e. The normalized spacial score (nSPS) is 13.5. The SMILES string of the molecule is c1ccc2c(c1)Sc1ccccc1N2c1ccc(B2c3oc4cc5occc5cc4c3B(c3ccc4ccccc4c3)c3oc4ccccc4c32)cc1. The fourth-order valence-electron chi connectivity index (χ4n) is 8.78. The summed E-state index contributed by atoms with van der Waals surface area (Å²) in [5, 5.41) is 5.66. The highest BCUT2D eigenvalue weighted by atomic mass is 32.2. The second-order valence-electron chi connectivity index (χ2n) is 14.0. The van der Waals surface area contributed by atoms with Gasteiger partial charge in [-0.05, 0) is 76.3 Å². The summed E-state index contributed by atoms with van der Waals surface area (Å²) in [5.41, 5.74) is 12.5. The van der Waals surface area contributed by atoms with Gasteiger partial charge in [0.2, 0.25) is 0 Å². The lowest BCUT2D eigenvalue weighted by molar-refractivity contribution is 0.612. The Morgan fingerprint density at radius 3 is 1.91 bits per heavy atom. The van der Waals surface area contributed by atoms with Crippen molar-refractivity contribution < 1.29 is 13.3 Å². The van der Waals surface area contributed by atoms with Crippen LogP contribution in [0.15, 0.2) is 187 Å². The van der Waals surface area contributed by atoms with Crippen LogP contribution in [0.1, 0.15) is 0 Å². The predicted molar refractivity (Wildman–Crippen MR) is 221 cm³/mol. The van der Waals surface area contributed by atoms with Crippen LogP contribution in [0.3, 0.4) is 0 Å². The molecule has 7 aromatic carbocycles. The lowest BCUT2D eigenvalue weighted by Gasteiger charge is -2.33. The highest BCUT2D eigenvalue weighted by molar-refractivity contribution is 7.99. The fourth-order valence-corrected chi connectivity index (χ4v) is 9.84. The molecule has 0 saturated heterocycles. The van der Waals surface area contributed by atoms with Crippen molar-refractivity contribution in [2.75, 3.05) is 4.90 Å². The average molecular weight is 695 g/mol. The molecule has 0 spiro atoms. The first kappa shape index (κ1) is 29.3. The van der Waals surface area contributed by atoms with E-state index in [-0.39, 0.29) is 13.4 Å². The lowest BCUT2D eigenvalue weighted by atomic mass is 9.24. The van der Waals surface area contributed by atoms with Gasteiger partial charge < -0.3 is 18.2 Å². The molecule has 2 aliphatic rings. The van der Waals surface area contributed by atoms with Crippen LogP contribution >= 0.6 is 11.8 Å². The second kappa shape index (κ2) is 11.1.